The molecule has 0 aromatic carbocycles. The summed E-state index contributed by atoms with van der Waals surface area (Å²) in [5.41, 5.74) is 0. The van der Waals surface area contributed by atoms with Gasteiger partial charge in [0.2, 0.25) is 0 Å². The third kappa shape index (κ3) is 4.89. The molecule has 13 heavy (non-hydrogen) atoms. The monoisotopic (exact) mass is 203 g/mol. The van der Waals surface area contributed by atoms with Crippen molar-refractivity contribution in [3.63, 3.8) is 0 Å². The minimum Gasteiger partial charge on any atom is -0.382 e. The van der Waals surface area contributed by atoms with Gasteiger partial charge in [-0.3, -0.25) is 0 Å². The highest BCUT2D eigenvalue weighted by Crippen LogP contribution is 2.25. The topological polar surface area (TPSA) is 21.3 Å². The maximum Gasteiger partial charge on any atom is 0.0477 e. The van der Waals surface area contributed by atoms with Crippen LogP contribution in [0.25, 0.3) is 0 Å². The maximum absolute atomic E-state index is 5.27. The van der Waals surface area contributed by atoms with Crippen LogP contribution in [-0.2, 0) is 4.74 Å². The summed E-state index contributed by atoms with van der Waals surface area (Å²) in [6.07, 6.45) is 2.47. The van der Waals surface area contributed by atoms with Crippen LogP contribution in [-0.4, -0.2) is 36.8 Å². The van der Waals surface area contributed by atoms with Gasteiger partial charge >= 0.3 is 0 Å². The second-order valence-corrected chi connectivity index (χ2v) is 5.05. The average Bonchev–Trinajstić information content (AvgIpc) is 2.51. The van der Waals surface area contributed by atoms with E-state index in [1.165, 1.54) is 12.2 Å². The molecule has 0 spiro atoms. The second-order valence-electron chi connectivity index (χ2n) is 3.58. The van der Waals surface area contributed by atoms with Crippen molar-refractivity contribution >= 4 is 11.8 Å². The lowest BCUT2D eigenvalue weighted by Crippen LogP contribution is -2.30. The van der Waals surface area contributed by atoms with Crippen molar-refractivity contribution in [1.82, 2.24) is 5.32 Å². The summed E-state index contributed by atoms with van der Waals surface area (Å²) in [5.74, 6) is 1.29. The molecule has 2 unspecified atom stereocenters. The number of hydrogen-bond donors (Lipinski definition) is 1. The Balaban J connectivity index is 1.88. The van der Waals surface area contributed by atoms with Gasteiger partial charge in [-0.2, -0.15) is 11.8 Å². The van der Waals surface area contributed by atoms with E-state index >= 15 is 0 Å². The molecule has 1 heterocycles. The lowest BCUT2D eigenvalue weighted by molar-refractivity contribution is 0.144. The Labute approximate surface area is 85.8 Å². The Bertz CT molecular complexity index is 132. The molecule has 1 fully saturated rings. The Hall–Kier alpha value is 0.270. The minimum atomic E-state index is 0.752. The van der Waals surface area contributed by atoms with Crippen molar-refractivity contribution in [2.24, 2.45) is 0 Å². The van der Waals surface area contributed by atoms with Crippen LogP contribution >= 0.6 is 11.8 Å². The number of ether oxygens (including phenoxy) is 1. The van der Waals surface area contributed by atoms with Crippen molar-refractivity contribution in [2.75, 3.05) is 25.5 Å². The quantitative estimate of drug-likeness (QED) is 0.666. The van der Waals surface area contributed by atoms with Crippen LogP contribution in [0.2, 0.25) is 0 Å². The number of hydrogen-bond acceptors (Lipinski definition) is 3. The van der Waals surface area contributed by atoms with Crippen LogP contribution in [0, 0.1) is 0 Å². The molecule has 0 amide bonds. The summed E-state index contributed by atoms with van der Waals surface area (Å²) >= 11 is 2.08. The molecule has 0 aromatic heterocycles. The molecule has 0 aliphatic carbocycles. The van der Waals surface area contributed by atoms with Gasteiger partial charge in [-0.1, -0.05) is 6.92 Å². The molecule has 1 aliphatic rings. The molecular weight excluding hydrogens is 182 g/mol. The highest BCUT2D eigenvalue weighted by atomic mass is 32.2. The number of thioether (sulfide) groups is 1. The average molecular weight is 203 g/mol. The lowest BCUT2D eigenvalue weighted by atomic mass is 10.2. The van der Waals surface area contributed by atoms with Gasteiger partial charge in [0.1, 0.15) is 0 Å². The predicted molar refractivity (Wildman–Crippen MR) is 59.4 cm³/mol. The van der Waals surface area contributed by atoms with Gasteiger partial charge in [0, 0.05) is 30.3 Å². The molecule has 0 saturated carbocycles. The van der Waals surface area contributed by atoms with Crippen LogP contribution in [0.5, 0.6) is 0 Å². The SMILES string of the molecule is CCOCCCNC1CSC(C)C1. The fourth-order valence-corrected chi connectivity index (χ4v) is 2.77. The van der Waals surface area contributed by atoms with Crippen LogP contribution < -0.4 is 5.32 Å². The highest BCUT2D eigenvalue weighted by molar-refractivity contribution is 8.00. The smallest absolute Gasteiger partial charge is 0.0477 e. The van der Waals surface area contributed by atoms with Crippen molar-refractivity contribution in [2.45, 2.75) is 38.0 Å². The third-order valence-electron chi connectivity index (χ3n) is 2.30. The number of nitrogens with one attached hydrogen (secondary N) is 1. The van der Waals surface area contributed by atoms with Crippen LogP contribution in [0.3, 0.4) is 0 Å². The molecule has 1 saturated heterocycles. The first-order valence-corrected chi connectivity index (χ1v) is 6.30. The van der Waals surface area contributed by atoms with Gasteiger partial charge in [-0.25, -0.2) is 0 Å². The summed E-state index contributed by atoms with van der Waals surface area (Å²) in [6, 6.07) is 0.752. The first-order chi connectivity index (χ1) is 6.33. The zero-order chi connectivity index (χ0) is 9.52. The normalized spacial score (nSPS) is 28.2. The van der Waals surface area contributed by atoms with E-state index in [1.54, 1.807) is 0 Å². The first-order valence-electron chi connectivity index (χ1n) is 5.25. The summed E-state index contributed by atoms with van der Waals surface area (Å²) in [6.45, 7) is 7.21. The fourth-order valence-electron chi connectivity index (χ4n) is 1.58. The van der Waals surface area contributed by atoms with E-state index in [-0.39, 0.29) is 0 Å². The standard InChI is InChI=1S/C10H21NOS/c1-3-12-6-4-5-11-10-7-9(2)13-8-10/h9-11H,3-8H2,1-2H3. The lowest BCUT2D eigenvalue weighted by Gasteiger charge is -2.10. The Morgan fingerprint density at radius 2 is 2.38 bits per heavy atom. The van der Waals surface area contributed by atoms with E-state index in [0.29, 0.717) is 0 Å². The molecule has 2 atom stereocenters. The Morgan fingerprint density at radius 3 is 3.00 bits per heavy atom. The van der Waals surface area contributed by atoms with Crippen LogP contribution in [0.15, 0.2) is 0 Å². The molecule has 0 radical (unpaired) electrons. The minimum absolute atomic E-state index is 0.752. The summed E-state index contributed by atoms with van der Waals surface area (Å²) in [4.78, 5) is 0. The van der Waals surface area contributed by atoms with E-state index in [0.717, 1.165) is 37.5 Å². The van der Waals surface area contributed by atoms with E-state index in [1.807, 2.05) is 6.92 Å². The van der Waals surface area contributed by atoms with E-state index in [9.17, 15) is 0 Å². The van der Waals surface area contributed by atoms with Crippen LogP contribution in [0.1, 0.15) is 26.7 Å². The largest absolute Gasteiger partial charge is 0.382 e. The first kappa shape index (κ1) is 11.3. The molecule has 1 aliphatic heterocycles. The van der Waals surface area contributed by atoms with Gasteiger partial charge in [0.15, 0.2) is 0 Å². The molecule has 3 heteroatoms. The van der Waals surface area contributed by atoms with Gasteiger partial charge in [-0.15, -0.1) is 0 Å². The van der Waals surface area contributed by atoms with E-state index in [4.69, 9.17) is 4.74 Å². The van der Waals surface area contributed by atoms with Crippen molar-refractivity contribution < 1.29 is 4.74 Å². The highest BCUT2D eigenvalue weighted by Gasteiger charge is 2.20. The Morgan fingerprint density at radius 1 is 1.54 bits per heavy atom. The zero-order valence-electron chi connectivity index (χ0n) is 8.71. The molecule has 0 bridgehead atoms. The maximum atomic E-state index is 5.27. The van der Waals surface area contributed by atoms with Gasteiger partial charge in [0.25, 0.3) is 0 Å². The van der Waals surface area contributed by atoms with Crippen molar-refractivity contribution in [3.8, 4) is 0 Å². The molecule has 1 rings (SSSR count). The van der Waals surface area contributed by atoms with Crippen LogP contribution in [0.4, 0.5) is 0 Å². The predicted octanol–water partition coefficient (Wildman–Crippen LogP) is 1.90. The molecular formula is C10H21NOS. The Kier molecular flexibility index (Phi) is 5.83. The summed E-state index contributed by atoms with van der Waals surface area (Å²) in [5, 5.41) is 4.42. The second kappa shape index (κ2) is 6.68. The summed E-state index contributed by atoms with van der Waals surface area (Å²) in [7, 11) is 0. The van der Waals surface area contributed by atoms with E-state index < -0.39 is 0 Å². The molecule has 1 N–H and O–H groups in total. The third-order valence-corrected chi connectivity index (χ3v) is 3.66. The molecule has 0 aromatic rings. The van der Waals surface area contributed by atoms with Crippen molar-refractivity contribution in [1.29, 1.82) is 0 Å². The van der Waals surface area contributed by atoms with Gasteiger partial charge in [0.05, 0.1) is 0 Å². The zero-order valence-corrected chi connectivity index (χ0v) is 9.53. The van der Waals surface area contributed by atoms with Gasteiger partial charge < -0.3 is 10.1 Å². The molecule has 78 valence electrons. The number of rotatable bonds is 6. The fraction of sp³-hybridized carbons (Fsp3) is 1.00. The summed E-state index contributed by atoms with van der Waals surface area (Å²) < 4.78 is 5.27. The van der Waals surface area contributed by atoms with Gasteiger partial charge in [-0.05, 0) is 26.3 Å². The van der Waals surface area contributed by atoms with E-state index in [2.05, 4.69) is 24.0 Å². The van der Waals surface area contributed by atoms with Crippen molar-refractivity contribution in [3.05, 3.63) is 0 Å². The molecule has 2 nitrogen and oxygen atoms in total.